The van der Waals surface area contributed by atoms with Crippen LogP contribution in [-0.4, -0.2) is 32.2 Å². The number of rotatable bonds is 8. The van der Waals surface area contributed by atoms with E-state index in [4.69, 9.17) is 9.84 Å². The van der Waals surface area contributed by atoms with E-state index in [9.17, 15) is 9.59 Å². The van der Waals surface area contributed by atoms with Crippen LogP contribution >= 0.6 is 0 Å². The van der Waals surface area contributed by atoms with Crippen LogP contribution < -0.4 is 10.1 Å². The van der Waals surface area contributed by atoms with Crippen LogP contribution in [0.1, 0.15) is 31.8 Å². The summed E-state index contributed by atoms with van der Waals surface area (Å²) in [5.41, 5.74) is 3.98. The second-order valence-electron chi connectivity index (χ2n) is 7.02. The molecule has 0 atom stereocenters. The Balaban J connectivity index is 1.32. The molecule has 0 aliphatic heterocycles. The van der Waals surface area contributed by atoms with Crippen molar-refractivity contribution in [3.8, 4) is 17.1 Å². The van der Waals surface area contributed by atoms with Crippen molar-refractivity contribution >= 4 is 11.9 Å². The van der Waals surface area contributed by atoms with E-state index in [0.717, 1.165) is 22.5 Å². The number of nitrogens with one attached hydrogen (secondary N) is 2. The van der Waals surface area contributed by atoms with E-state index in [1.165, 1.54) is 12.1 Å². The number of carboxylic acids is 1. The molecule has 0 aliphatic rings. The number of amides is 1. The summed E-state index contributed by atoms with van der Waals surface area (Å²) in [4.78, 5) is 27.8. The van der Waals surface area contributed by atoms with E-state index < -0.39 is 5.97 Å². The SMILES string of the molecule is O=C(O)c1ccc(CNC(=O)c2cccc(COc3ccc(-c4ccn[nH]4)nc3)c2)cc1. The monoisotopic (exact) mass is 428 g/mol. The number of benzene rings is 2. The number of aromatic carboxylic acids is 1. The average molecular weight is 428 g/mol. The van der Waals surface area contributed by atoms with Crippen molar-refractivity contribution in [3.63, 3.8) is 0 Å². The zero-order valence-corrected chi connectivity index (χ0v) is 17.0. The number of carboxylic acid groups (broad SMARTS) is 1. The molecule has 2 aromatic heterocycles. The fourth-order valence-electron chi connectivity index (χ4n) is 3.04. The first-order valence-electron chi connectivity index (χ1n) is 9.86. The first-order valence-corrected chi connectivity index (χ1v) is 9.86. The second-order valence-corrected chi connectivity index (χ2v) is 7.02. The highest BCUT2D eigenvalue weighted by Crippen LogP contribution is 2.18. The van der Waals surface area contributed by atoms with Gasteiger partial charge in [-0.2, -0.15) is 5.10 Å². The Morgan fingerprint density at radius 3 is 2.50 bits per heavy atom. The number of H-pyrrole nitrogens is 1. The van der Waals surface area contributed by atoms with E-state index in [1.807, 2.05) is 24.3 Å². The minimum absolute atomic E-state index is 0.207. The summed E-state index contributed by atoms with van der Waals surface area (Å²) >= 11 is 0. The van der Waals surface area contributed by atoms with Gasteiger partial charge in [0.2, 0.25) is 0 Å². The van der Waals surface area contributed by atoms with E-state index >= 15 is 0 Å². The minimum atomic E-state index is -0.982. The predicted octanol–water partition coefficient (Wildman–Crippen LogP) is 3.68. The van der Waals surface area contributed by atoms with Crippen molar-refractivity contribution in [2.75, 3.05) is 0 Å². The zero-order chi connectivity index (χ0) is 22.3. The van der Waals surface area contributed by atoms with Crippen LogP contribution in [0.15, 0.2) is 79.1 Å². The van der Waals surface area contributed by atoms with E-state index in [2.05, 4.69) is 20.5 Å². The lowest BCUT2D eigenvalue weighted by atomic mass is 10.1. The predicted molar refractivity (Wildman–Crippen MR) is 117 cm³/mol. The van der Waals surface area contributed by atoms with Crippen molar-refractivity contribution in [1.82, 2.24) is 20.5 Å². The van der Waals surface area contributed by atoms with Crippen LogP contribution in [0.2, 0.25) is 0 Å². The Bertz CT molecular complexity index is 1200. The lowest BCUT2D eigenvalue weighted by Crippen LogP contribution is -2.23. The lowest BCUT2D eigenvalue weighted by molar-refractivity contribution is 0.0696. The number of ether oxygens (including phenoxy) is 1. The maximum atomic E-state index is 12.5. The van der Waals surface area contributed by atoms with E-state index in [0.29, 0.717) is 24.5 Å². The van der Waals surface area contributed by atoms with Crippen molar-refractivity contribution in [1.29, 1.82) is 0 Å². The number of aromatic nitrogens is 3. The Hall–Kier alpha value is -4.46. The summed E-state index contributed by atoms with van der Waals surface area (Å²) in [6, 6.07) is 19.1. The van der Waals surface area contributed by atoms with Crippen molar-refractivity contribution in [3.05, 3.63) is 101 Å². The normalized spacial score (nSPS) is 10.5. The third-order valence-electron chi connectivity index (χ3n) is 4.76. The van der Waals surface area contributed by atoms with Gasteiger partial charge in [-0.15, -0.1) is 0 Å². The van der Waals surface area contributed by atoms with E-state index in [-0.39, 0.29) is 11.5 Å². The molecule has 0 unspecified atom stereocenters. The number of nitrogens with zero attached hydrogens (tertiary/aromatic N) is 2. The number of pyridine rings is 1. The summed E-state index contributed by atoms with van der Waals surface area (Å²) in [5, 5.41) is 18.6. The third-order valence-corrected chi connectivity index (χ3v) is 4.76. The molecule has 0 saturated carbocycles. The van der Waals surface area contributed by atoms with Gasteiger partial charge in [-0.1, -0.05) is 24.3 Å². The summed E-state index contributed by atoms with van der Waals surface area (Å²) in [7, 11) is 0. The Morgan fingerprint density at radius 2 is 1.81 bits per heavy atom. The summed E-state index contributed by atoms with van der Waals surface area (Å²) in [5.74, 6) is -0.586. The van der Waals surface area contributed by atoms with Gasteiger partial charge >= 0.3 is 5.97 Å². The largest absolute Gasteiger partial charge is 0.487 e. The Kier molecular flexibility index (Phi) is 6.22. The van der Waals surface area contributed by atoms with Crippen molar-refractivity contribution in [2.45, 2.75) is 13.2 Å². The average Bonchev–Trinajstić information content (AvgIpc) is 3.37. The van der Waals surface area contributed by atoms with Crippen LogP contribution in [0, 0.1) is 0 Å². The highest BCUT2D eigenvalue weighted by atomic mass is 16.5. The molecule has 0 saturated heterocycles. The van der Waals surface area contributed by atoms with Crippen LogP contribution in [0.3, 0.4) is 0 Å². The van der Waals surface area contributed by atoms with Gasteiger partial charge in [-0.3, -0.25) is 14.9 Å². The van der Waals surface area contributed by atoms with E-state index in [1.54, 1.807) is 42.7 Å². The van der Waals surface area contributed by atoms with Gasteiger partial charge in [0.1, 0.15) is 12.4 Å². The quantitative estimate of drug-likeness (QED) is 0.394. The molecule has 0 aliphatic carbocycles. The first-order chi connectivity index (χ1) is 15.6. The van der Waals surface area contributed by atoms with Crippen LogP contribution in [0.25, 0.3) is 11.4 Å². The number of carbonyl (C=O) groups is 2. The molecule has 2 heterocycles. The zero-order valence-electron chi connectivity index (χ0n) is 17.0. The highest BCUT2D eigenvalue weighted by Gasteiger charge is 2.08. The topological polar surface area (TPSA) is 117 Å². The van der Waals surface area contributed by atoms with Gasteiger partial charge in [0.25, 0.3) is 5.91 Å². The summed E-state index contributed by atoms with van der Waals surface area (Å²) < 4.78 is 5.79. The molecular formula is C24H20N4O4. The third kappa shape index (κ3) is 5.17. The molecule has 0 spiro atoms. The number of hydrogen-bond donors (Lipinski definition) is 3. The molecule has 0 bridgehead atoms. The van der Waals surface area contributed by atoms with Crippen LogP contribution in [-0.2, 0) is 13.2 Å². The summed E-state index contributed by atoms with van der Waals surface area (Å²) in [6.07, 6.45) is 3.31. The molecule has 4 rings (SSSR count). The lowest BCUT2D eigenvalue weighted by Gasteiger charge is -2.09. The molecule has 8 nitrogen and oxygen atoms in total. The number of hydrogen-bond acceptors (Lipinski definition) is 5. The molecule has 2 aromatic carbocycles. The van der Waals surface area contributed by atoms with Gasteiger partial charge in [0, 0.05) is 18.3 Å². The first kappa shape index (κ1) is 20.8. The fraction of sp³-hybridized carbons (Fsp3) is 0.0833. The van der Waals surface area contributed by atoms with Gasteiger partial charge in [0.05, 0.1) is 23.1 Å². The fourth-order valence-corrected chi connectivity index (χ4v) is 3.04. The molecule has 0 fully saturated rings. The molecule has 0 radical (unpaired) electrons. The van der Waals surface area contributed by atoms with Gasteiger partial charge in [0.15, 0.2) is 0 Å². The van der Waals surface area contributed by atoms with Crippen molar-refractivity contribution < 1.29 is 19.4 Å². The van der Waals surface area contributed by atoms with Gasteiger partial charge in [-0.05, 0) is 53.6 Å². The van der Waals surface area contributed by atoms with Gasteiger partial charge < -0.3 is 15.2 Å². The molecule has 32 heavy (non-hydrogen) atoms. The molecule has 160 valence electrons. The number of aromatic amines is 1. The smallest absolute Gasteiger partial charge is 0.335 e. The molecular weight excluding hydrogens is 408 g/mol. The Labute approximate surface area is 183 Å². The van der Waals surface area contributed by atoms with Crippen LogP contribution in [0.4, 0.5) is 0 Å². The standard InChI is InChI=1S/C24H20N4O4/c29-23(26-13-16-4-6-18(7-5-16)24(30)31)19-3-1-2-17(12-19)15-32-20-8-9-21(25-14-20)22-10-11-27-28-22/h1-12,14H,13,15H2,(H,26,29)(H,27,28)(H,30,31). The second kappa shape index (κ2) is 9.57. The highest BCUT2D eigenvalue weighted by molar-refractivity contribution is 5.94. The Morgan fingerprint density at radius 1 is 0.969 bits per heavy atom. The van der Waals surface area contributed by atoms with Gasteiger partial charge in [-0.25, -0.2) is 4.79 Å². The molecule has 3 N–H and O–H groups in total. The molecule has 4 aromatic rings. The van der Waals surface area contributed by atoms with Crippen molar-refractivity contribution in [2.24, 2.45) is 0 Å². The maximum Gasteiger partial charge on any atom is 0.335 e. The summed E-state index contributed by atoms with van der Waals surface area (Å²) in [6.45, 7) is 0.594. The number of carbonyl (C=O) groups excluding carboxylic acids is 1. The van der Waals surface area contributed by atoms with Crippen LogP contribution in [0.5, 0.6) is 5.75 Å². The maximum absolute atomic E-state index is 12.5. The molecule has 8 heteroatoms. The molecule has 1 amide bonds. The minimum Gasteiger partial charge on any atom is -0.487 e.